The minimum absolute atomic E-state index is 0.0431. The van der Waals surface area contributed by atoms with E-state index < -0.39 is 0 Å². The van der Waals surface area contributed by atoms with E-state index in [4.69, 9.17) is 14.7 Å². The molecule has 6 nitrogen and oxygen atoms in total. The fraction of sp³-hybridized carbons (Fsp3) is 0.409. The minimum atomic E-state index is 0.0431. The lowest BCUT2D eigenvalue weighted by Gasteiger charge is -2.32. The molecule has 0 spiro atoms. The predicted molar refractivity (Wildman–Crippen MR) is 112 cm³/mol. The molecule has 7 heteroatoms. The molecular formula is C22H24N4O2S. The number of piperidine rings is 1. The summed E-state index contributed by atoms with van der Waals surface area (Å²) < 4.78 is 6.61. The van der Waals surface area contributed by atoms with Gasteiger partial charge in [0, 0.05) is 19.0 Å². The molecule has 1 fully saturated rings. The van der Waals surface area contributed by atoms with Crippen LogP contribution in [0.1, 0.15) is 35.9 Å². The van der Waals surface area contributed by atoms with E-state index in [1.165, 1.54) is 9.71 Å². The molecular weight excluding hydrogens is 384 g/mol. The summed E-state index contributed by atoms with van der Waals surface area (Å²) in [6.07, 6.45) is 4.09. The van der Waals surface area contributed by atoms with Crippen LogP contribution in [-0.4, -0.2) is 46.9 Å². The molecule has 150 valence electrons. The highest BCUT2D eigenvalue weighted by Crippen LogP contribution is 2.32. The number of nitrogens with zero attached hydrogens (tertiary/aromatic N) is 4. The minimum Gasteiger partial charge on any atom is -0.467 e. The number of fused-ring (bicyclic) bond motifs is 1. The Morgan fingerprint density at radius 2 is 2.24 bits per heavy atom. The number of hydrogen-bond acceptors (Lipinski definition) is 6. The van der Waals surface area contributed by atoms with E-state index in [1.807, 2.05) is 24.3 Å². The number of aromatic nitrogens is 1. The zero-order valence-corrected chi connectivity index (χ0v) is 17.1. The van der Waals surface area contributed by atoms with Crippen molar-refractivity contribution in [2.45, 2.75) is 31.7 Å². The number of carbonyl (C=O) groups excluding carboxylic acids is 1. The SMILES string of the molecule is N#CCCN(Cc1ccco1)C(=O)CN1CCC[C@@H](c2nc3ccccc3s2)C1. The van der Waals surface area contributed by atoms with E-state index in [0.717, 1.165) is 37.2 Å². The maximum Gasteiger partial charge on any atom is 0.237 e. The first-order valence-corrected chi connectivity index (χ1v) is 10.8. The Morgan fingerprint density at radius 1 is 1.34 bits per heavy atom. The second-order valence-corrected chi connectivity index (χ2v) is 8.46. The molecule has 1 aliphatic rings. The number of para-hydroxylation sites is 1. The third kappa shape index (κ3) is 4.84. The Balaban J connectivity index is 1.40. The van der Waals surface area contributed by atoms with Crippen LogP contribution in [0.5, 0.6) is 0 Å². The van der Waals surface area contributed by atoms with Crippen molar-refractivity contribution in [2.24, 2.45) is 0 Å². The van der Waals surface area contributed by atoms with Crippen LogP contribution in [0.25, 0.3) is 10.2 Å². The van der Waals surface area contributed by atoms with Crippen molar-refractivity contribution in [2.75, 3.05) is 26.2 Å². The number of thiazole rings is 1. The molecule has 0 aliphatic carbocycles. The van der Waals surface area contributed by atoms with Gasteiger partial charge < -0.3 is 9.32 Å². The summed E-state index contributed by atoms with van der Waals surface area (Å²) in [4.78, 5) is 21.7. The number of furan rings is 1. The van der Waals surface area contributed by atoms with Crippen LogP contribution in [0.4, 0.5) is 0 Å². The fourth-order valence-corrected chi connectivity index (χ4v) is 4.92. The predicted octanol–water partition coefficient (Wildman–Crippen LogP) is 4.01. The topological polar surface area (TPSA) is 73.4 Å². The van der Waals surface area contributed by atoms with E-state index >= 15 is 0 Å². The first-order chi connectivity index (χ1) is 14.2. The average molecular weight is 409 g/mol. The van der Waals surface area contributed by atoms with Crippen LogP contribution in [0.3, 0.4) is 0 Å². The molecule has 0 unspecified atom stereocenters. The Hall–Kier alpha value is -2.69. The van der Waals surface area contributed by atoms with E-state index in [0.29, 0.717) is 32.0 Å². The van der Waals surface area contributed by atoms with Gasteiger partial charge in [-0.2, -0.15) is 5.26 Å². The smallest absolute Gasteiger partial charge is 0.237 e. The molecule has 1 aliphatic heterocycles. The molecule has 0 saturated carbocycles. The van der Waals surface area contributed by atoms with E-state index in [-0.39, 0.29) is 5.91 Å². The van der Waals surface area contributed by atoms with Gasteiger partial charge in [0.15, 0.2) is 0 Å². The van der Waals surface area contributed by atoms with Crippen LogP contribution < -0.4 is 0 Å². The van der Waals surface area contributed by atoms with Gasteiger partial charge >= 0.3 is 0 Å². The summed E-state index contributed by atoms with van der Waals surface area (Å²) in [5.41, 5.74) is 1.06. The second kappa shape index (κ2) is 9.21. The monoisotopic (exact) mass is 408 g/mol. The maximum atomic E-state index is 12.9. The zero-order chi connectivity index (χ0) is 20.1. The summed E-state index contributed by atoms with van der Waals surface area (Å²) in [6.45, 7) is 2.96. The largest absolute Gasteiger partial charge is 0.467 e. The average Bonchev–Trinajstić information content (AvgIpc) is 3.40. The highest BCUT2D eigenvalue weighted by atomic mass is 32.1. The second-order valence-electron chi connectivity index (χ2n) is 7.40. The number of likely N-dealkylation sites (tertiary alicyclic amines) is 1. The van der Waals surface area contributed by atoms with Gasteiger partial charge in [0.25, 0.3) is 0 Å². The van der Waals surface area contributed by atoms with E-state index in [1.54, 1.807) is 22.5 Å². The van der Waals surface area contributed by atoms with Gasteiger partial charge in [-0.25, -0.2) is 4.98 Å². The van der Waals surface area contributed by atoms with Crippen molar-refractivity contribution in [1.82, 2.24) is 14.8 Å². The molecule has 3 aromatic rings. The van der Waals surface area contributed by atoms with Crippen molar-refractivity contribution in [3.05, 3.63) is 53.4 Å². The summed E-state index contributed by atoms with van der Waals surface area (Å²) in [6, 6.07) is 14.0. The van der Waals surface area contributed by atoms with Crippen molar-refractivity contribution < 1.29 is 9.21 Å². The summed E-state index contributed by atoms with van der Waals surface area (Å²) in [7, 11) is 0. The number of rotatable bonds is 7. The van der Waals surface area contributed by atoms with Crippen molar-refractivity contribution in [1.29, 1.82) is 5.26 Å². The molecule has 1 saturated heterocycles. The molecule has 0 N–H and O–H groups in total. The maximum absolute atomic E-state index is 12.9. The Morgan fingerprint density at radius 3 is 3.03 bits per heavy atom. The van der Waals surface area contributed by atoms with E-state index in [2.05, 4.69) is 23.1 Å². The normalized spacial score (nSPS) is 17.3. The Labute approximate surface area is 174 Å². The van der Waals surface area contributed by atoms with Gasteiger partial charge in [0.2, 0.25) is 5.91 Å². The standard InChI is InChI=1S/C22H24N4O2S/c23-10-5-12-26(15-18-7-4-13-28-18)21(27)16-25-11-3-6-17(14-25)22-24-19-8-1-2-9-20(19)29-22/h1-2,4,7-9,13,17H,3,5-6,11-12,14-16H2/t17-/m1/s1. The number of hydrogen-bond donors (Lipinski definition) is 0. The highest BCUT2D eigenvalue weighted by Gasteiger charge is 2.27. The Bertz CT molecular complexity index is 959. The summed E-state index contributed by atoms with van der Waals surface area (Å²) in [5, 5.41) is 10.1. The molecule has 3 heterocycles. The lowest BCUT2D eigenvalue weighted by atomic mass is 9.98. The lowest BCUT2D eigenvalue weighted by molar-refractivity contribution is -0.133. The fourth-order valence-electron chi connectivity index (χ4n) is 3.82. The van der Waals surface area contributed by atoms with Gasteiger partial charge in [0.05, 0.1) is 47.1 Å². The number of amides is 1. The van der Waals surface area contributed by atoms with Gasteiger partial charge in [-0.15, -0.1) is 11.3 Å². The first kappa shape index (κ1) is 19.6. The summed E-state index contributed by atoms with van der Waals surface area (Å²) >= 11 is 1.76. The lowest BCUT2D eigenvalue weighted by Crippen LogP contribution is -2.43. The molecule has 1 amide bonds. The van der Waals surface area contributed by atoms with Crippen LogP contribution in [0, 0.1) is 11.3 Å². The zero-order valence-electron chi connectivity index (χ0n) is 16.3. The van der Waals surface area contributed by atoms with Crippen LogP contribution in [0.15, 0.2) is 47.1 Å². The van der Waals surface area contributed by atoms with Gasteiger partial charge in [-0.1, -0.05) is 12.1 Å². The van der Waals surface area contributed by atoms with Gasteiger partial charge in [0.1, 0.15) is 5.76 Å². The quantitative estimate of drug-likeness (QED) is 0.591. The number of benzene rings is 1. The van der Waals surface area contributed by atoms with Crippen LogP contribution in [0.2, 0.25) is 0 Å². The van der Waals surface area contributed by atoms with Crippen molar-refractivity contribution in [3.8, 4) is 6.07 Å². The molecule has 2 aromatic heterocycles. The van der Waals surface area contributed by atoms with Crippen LogP contribution >= 0.6 is 11.3 Å². The van der Waals surface area contributed by atoms with Gasteiger partial charge in [-0.05, 0) is 43.7 Å². The first-order valence-electron chi connectivity index (χ1n) is 9.98. The van der Waals surface area contributed by atoms with Gasteiger partial charge in [-0.3, -0.25) is 9.69 Å². The molecule has 1 aromatic carbocycles. The molecule has 29 heavy (non-hydrogen) atoms. The van der Waals surface area contributed by atoms with E-state index in [9.17, 15) is 4.79 Å². The Kier molecular flexibility index (Phi) is 6.23. The number of nitriles is 1. The third-order valence-corrected chi connectivity index (χ3v) is 6.50. The third-order valence-electron chi connectivity index (χ3n) is 5.30. The molecule has 1 atom stereocenters. The number of carbonyl (C=O) groups is 1. The highest BCUT2D eigenvalue weighted by molar-refractivity contribution is 7.18. The molecule has 0 bridgehead atoms. The molecule has 4 rings (SSSR count). The van der Waals surface area contributed by atoms with Crippen molar-refractivity contribution >= 4 is 27.5 Å². The molecule has 0 radical (unpaired) electrons. The van der Waals surface area contributed by atoms with Crippen LogP contribution in [-0.2, 0) is 11.3 Å². The summed E-state index contributed by atoms with van der Waals surface area (Å²) in [5.74, 6) is 1.15. The van der Waals surface area contributed by atoms with Crippen molar-refractivity contribution in [3.63, 3.8) is 0 Å².